The van der Waals surface area contributed by atoms with Gasteiger partial charge in [-0.15, -0.1) is 0 Å². The molecule has 1 amide bonds. The molecule has 0 aromatic heterocycles. The Hall–Kier alpha value is -2.77. The lowest BCUT2D eigenvalue weighted by Crippen LogP contribution is -2.39. The molecular weight excluding hydrogens is 274 g/mol. The Morgan fingerprint density at radius 3 is 2.43 bits per heavy atom. The average molecular weight is 291 g/mol. The molecule has 1 aromatic carbocycles. The number of anilines is 1. The van der Waals surface area contributed by atoms with E-state index < -0.39 is 18.1 Å². The van der Waals surface area contributed by atoms with Crippen LogP contribution in [0.15, 0.2) is 29.3 Å². The number of rotatable bonds is 3. The van der Waals surface area contributed by atoms with Gasteiger partial charge in [-0.05, 0) is 37.1 Å². The molecule has 1 unspecified atom stereocenters. The predicted molar refractivity (Wildman–Crippen MR) is 78.0 cm³/mol. The molecule has 1 aliphatic rings. The van der Waals surface area contributed by atoms with Crippen LogP contribution in [0, 0.1) is 0 Å². The minimum Gasteiger partial charge on any atom is -0.375 e. The molecule has 1 fully saturated rings. The highest BCUT2D eigenvalue weighted by Crippen LogP contribution is 2.28. The maximum Gasteiger partial charge on any atom is 0.412 e. The summed E-state index contributed by atoms with van der Waals surface area (Å²) >= 11 is 0. The summed E-state index contributed by atoms with van der Waals surface area (Å²) in [4.78, 5) is 28.3. The van der Waals surface area contributed by atoms with Crippen LogP contribution < -0.4 is 22.1 Å². The number of aliphatic imine (C=N–C) groups is 1. The van der Waals surface area contributed by atoms with Crippen molar-refractivity contribution in [2.75, 3.05) is 11.4 Å². The molecule has 0 bridgehead atoms. The summed E-state index contributed by atoms with van der Waals surface area (Å²) in [6, 6.07) is 6.58. The zero-order valence-electron chi connectivity index (χ0n) is 11.4. The van der Waals surface area contributed by atoms with Crippen molar-refractivity contribution >= 4 is 29.4 Å². The van der Waals surface area contributed by atoms with E-state index in [0.29, 0.717) is 18.7 Å². The molecule has 1 aromatic rings. The minimum absolute atomic E-state index is 0.0214. The fourth-order valence-electron chi connectivity index (χ4n) is 2.36. The molecule has 8 nitrogen and oxygen atoms in total. The molecule has 6 N–H and O–H groups in total. The van der Waals surface area contributed by atoms with Crippen molar-refractivity contribution in [3.8, 4) is 0 Å². The smallest absolute Gasteiger partial charge is 0.375 e. The third kappa shape index (κ3) is 3.62. The molecule has 8 heteroatoms. The van der Waals surface area contributed by atoms with Gasteiger partial charge in [-0.3, -0.25) is 0 Å². The zero-order chi connectivity index (χ0) is 15.4. The standard InChI is InChI=1S/C13H17N5O3/c14-12(15)17-8-3-5-9(6-4-8)18-7-1-2-10(18)11(19)21-13(16)20/h3-6,10H,1-2,7H2,(H2,16,20)(H4,14,15,17). The Morgan fingerprint density at radius 1 is 1.19 bits per heavy atom. The van der Waals surface area contributed by atoms with Gasteiger partial charge in [0.25, 0.3) is 0 Å². The molecule has 1 heterocycles. The largest absolute Gasteiger partial charge is 0.412 e. The summed E-state index contributed by atoms with van der Waals surface area (Å²) in [5.74, 6) is -0.653. The van der Waals surface area contributed by atoms with Crippen molar-refractivity contribution in [1.82, 2.24) is 0 Å². The van der Waals surface area contributed by atoms with E-state index in [1.54, 1.807) is 24.3 Å². The molecule has 0 radical (unpaired) electrons. The van der Waals surface area contributed by atoms with Crippen molar-refractivity contribution in [3.05, 3.63) is 24.3 Å². The Kier molecular flexibility index (Phi) is 4.27. The Labute approximate surface area is 121 Å². The lowest BCUT2D eigenvalue weighted by Gasteiger charge is -2.24. The van der Waals surface area contributed by atoms with Gasteiger partial charge in [-0.1, -0.05) is 0 Å². The number of esters is 1. The first-order valence-electron chi connectivity index (χ1n) is 6.45. The van der Waals surface area contributed by atoms with Gasteiger partial charge in [0.2, 0.25) is 0 Å². The maximum atomic E-state index is 11.8. The number of hydrogen-bond acceptors (Lipinski definition) is 5. The predicted octanol–water partition coefficient (Wildman–Crippen LogP) is 0.182. The zero-order valence-corrected chi connectivity index (χ0v) is 11.4. The second-order valence-corrected chi connectivity index (χ2v) is 4.64. The molecular formula is C13H17N5O3. The maximum absolute atomic E-state index is 11.8. The Balaban J connectivity index is 2.14. The van der Waals surface area contributed by atoms with Crippen molar-refractivity contribution in [3.63, 3.8) is 0 Å². The summed E-state index contributed by atoms with van der Waals surface area (Å²) in [5.41, 5.74) is 16.9. The number of nitrogens with two attached hydrogens (primary N) is 3. The molecule has 1 atom stereocenters. The highest BCUT2D eigenvalue weighted by molar-refractivity contribution is 5.89. The van der Waals surface area contributed by atoms with Crippen LogP contribution in [0.25, 0.3) is 0 Å². The molecule has 0 spiro atoms. The molecule has 0 aliphatic carbocycles. The van der Waals surface area contributed by atoms with Crippen LogP contribution in [0.5, 0.6) is 0 Å². The van der Waals surface area contributed by atoms with Crippen molar-refractivity contribution < 1.29 is 14.3 Å². The van der Waals surface area contributed by atoms with E-state index in [1.165, 1.54) is 0 Å². The molecule has 1 aliphatic heterocycles. The number of primary amides is 1. The molecule has 21 heavy (non-hydrogen) atoms. The van der Waals surface area contributed by atoms with Crippen LogP contribution in [0.2, 0.25) is 0 Å². The van der Waals surface area contributed by atoms with E-state index in [2.05, 4.69) is 9.73 Å². The van der Waals surface area contributed by atoms with E-state index in [9.17, 15) is 9.59 Å². The van der Waals surface area contributed by atoms with E-state index in [4.69, 9.17) is 17.2 Å². The van der Waals surface area contributed by atoms with Crippen molar-refractivity contribution in [2.24, 2.45) is 22.2 Å². The first kappa shape index (κ1) is 14.6. The van der Waals surface area contributed by atoms with Crippen LogP contribution in [-0.2, 0) is 9.53 Å². The van der Waals surface area contributed by atoms with Crippen LogP contribution in [-0.4, -0.2) is 30.6 Å². The highest BCUT2D eigenvalue weighted by Gasteiger charge is 2.33. The quantitative estimate of drug-likeness (QED) is 0.314. The lowest BCUT2D eigenvalue weighted by molar-refractivity contribution is -0.138. The van der Waals surface area contributed by atoms with Crippen LogP contribution in [0.1, 0.15) is 12.8 Å². The number of nitrogens with zero attached hydrogens (tertiary/aromatic N) is 2. The summed E-state index contributed by atoms with van der Waals surface area (Å²) in [6.07, 6.45) is 0.352. The van der Waals surface area contributed by atoms with Gasteiger partial charge >= 0.3 is 12.1 Å². The molecule has 2 rings (SSSR count). The summed E-state index contributed by atoms with van der Waals surface area (Å²) < 4.78 is 4.47. The summed E-state index contributed by atoms with van der Waals surface area (Å²) in [6.45, 7) is 0.695. The molecule has 112 valence electrons. The second-order valence-electron chi connectivity index (χ2n) is 4.64. The van der Waals surface area contributed by atoms with Gasteiger partial charge in [0.05, 0.1) is 5.69 Å². The van der Waals surface area contributed by atoms with E-state index in [0.717, 1.165) is 12.1 Å². The number of hydrogen-bond donors (Lipinski definition) is 3. The fourth-order valence-corrected chi connectivity index (χ4v) is 2.36. The van der Waals surface area contributed by atoms with Gasteiger partial charge in [-0.25, -0.2) is 14.6 Å². The average Bonchev–Trinajstić information content (AvgIpc) is 2.87. The van der Waals surface area contributed by atoms with Gasteiger partial charge in [0.1, 0.15) is 6.04 Å². The summed E-state index contributed by atoms with van der Waals surface area (Å²) in [7, 11) is 0. The first-order valence-corrected chi connectivity index (χ1v) is 6.45. The lowest BCUT2D eigenvalue weighted by atomic mass is 10.2. The molecule has 1 saturated heterocycles. The third-order valence-corrected chi connectivity index (χ3v) is 3.17. The minimum atomic E-state index is -1.09. The number of guanidine groups is 1. The number of carbonyl (C=O) groups excluding carboxylic acids is 2. The Morgan fingerprint density at radius 2 is 1.86 bits per heavy atom. The van der Waals surface area contributed by atoms with Crippen LogP contribution >= 0.6 is 0 Å². The van der Waals surface area contributed by atoms with E-state index in [-0.39, 0.29) is 5.96 Å². The van der Waals surface area contributed by atoms with Crippen molar-refractivity contribution in [1.29, 1.82) is 0 Å². The molecule has 0 saturated carbocycles. The second kappa shape index (κ2) is 6.12. The first-order chi connectivity index (χ1) is 9.97. The van der Waals surface area contributed by atoms with Gasteiger partial charge in [0, 0.05) is 12.2 Å². The van der Waals surface area contributed by atoms with Crippen molar-refractivity contribution in [2.45, 2.75) is 18.9 Å². The van der Waals surface area contributed by atoms with Crippen LogP contribution in [0.3, 0.4) is 0 Å². The number of amides is 1. The SMILES string of the molecule is NC(=O)OC(=O)C1CCCN1c1ccc(N=C(N)N)cc1. The number of benzene rings is 1. The number of ether oxygens (including phenoxy) is 1. The Bertz CT molecular complexity index is 566. The third-order valence-electron chi connectivity index (χ3n) is 3.17. The van der Waals surface area contributed by atoms with E-state index in [1.807, 2.05) is 4.90 Å². The monoisotopic (exact) mass is 291 g/mol. The normalized spacial score (nSPS) is 17.3. The summed E-state index contributed by atoms with van der Waals surface area (Å²) in [5, 5.41) is 0. The van der Waals surface area contributed by atoms with Gasteiger partial charge in [-0.2, -0.15) is 0 Å². The number of carbonyl (C=O) groups is 2. The van der Waals surface area contributed by atoms with Gasteiger partial charge in [0.15, 0.2) is 5.96 Å². The topological polar surface area (TPSA) is 137 Å². The fraction of sp³-hybridized carbons (Fsp3) is 0.308. The highest BCUT2D eigenvalue weighted by atomic mass is 16.6. The van der Waals surface area contributed by atoms with Gasteiger partial charge < -0.3 is 26.8 Å². The van der Waals surface area contributed by atoms with E-state index >= 15 is 0 Å². The van der Waals surface area contributed by atoms with Crippen LogP contribution in [0.4, 0.5) is 16.2 Å².